The molecule has 5 nitrogen and oxygen atoms in total. The van der Waals surface area contributed by atoms with Crippen LogP contribution in [0.2, 0.25) is 0 Å². The monoisotopic (exact) mass is 246 g/mol. The van der Waals surface area contributed by atoms with E-state index < -0.39 is 23.8 Å². The summed E-state index contributed by atoms with van der Waals surface area (Å²) in [5.74, 6) is -2.03. The van der Waals surface area contributed by atoms with E-state index >= 15 is 0 Å². The van der Waals surface area contributed by atoms with Crippen LogP contribution >= 0.6 is 0 Å². The highest BCUT2D eigenvalue weighted by Crippen LogP contribution is 2.09. The van der Waals surface area contributed by atoms with Crippen molar-refractivity contribution >= 4 is 11.9 Å². The second kappa shape index (κ2) is 6.40. The minimum Gasteiger partial charge on any atom is -0.480 e. The molecule has 1 amide bonds. The molecule has 0 aromatic heterocycles. The van der Waals surface area contributed by atoms with Gasteiger partial charge in [-0.25, -0.2) is 4.79 Å². The minimum atomic E-state index is -1.14. The summed E-state index contributed by atoms with van der Waals surface area (Å²) in [6, 6.07) is 9.21. The first-order valence-corrected chi connectivity index (χ1v) is 5.52. The average Bonchev–Trinajstić information content (AvgIpc) is 2.36. The van der Waals surface area contributed by atoms with Gasteiger partial charge in [-0.15, -0.1) is 0 Å². The molecule has 0 saturated heterocycles. The van der Waals surface area contributed by atoms with E-state index in [0.717, 1.165) is 0 Å². The van der Waals surface area contributed by atoms with E-state index in [4.69, 9.17) is 10.4 Å². The number of nitrogens with one attached hydrogen (secondary N) is 1. The minimum absolute atomic E-state index is 0.0754. The molecular weight excluding hydrogens is 232 g/mol. The maximum Gasteiger partial charge on any atom is 0.326 e. The predicted molar refractivity (Wildman–Crippen MR) is 64.7 cm³/mol. The van der Waals surface area contributed by atoms with Gasteiger partial charge in [0.25, 0.3) is 5.91 Å². The van der Waals surface area contributed by atoms with E-state index in [1.807, 2.05) is 6.07 Å². The van der Waals surface area contributed by atoms with E-state index in [1.165, 1.54) is 0 Å². The van der Waals surface area contributed by atoms with Crippen LogP contribution in [0.15, 0.2) is 30.3 Å². The van der Waals surface area contributed by atoms with E-state index in [9.17, 15) is 9.59 Å². The number of carboxylic acids is 1. The lowest BCUT2D eigenvalue weighted by Crippen LogP contribution is -2.45. The number of amides is 1. The molecular formula is C13H14N2O3. The maximum absolute atomic E-state index is 11.8. The summed E-state index contributed by atoms with van der Waals surface area (Å²) in [5.41, 5.74) is 0.396. The van der Waals surface area contributed by atoms with Gasteiger partial charge in [-0.1, -0.05) is 25.1 Å². The summed E-state index contributed by atoms with van der Waals surface area (Å²) in [6.07, 6.45) is 0.0754. The third kappa shape index (κ3) is 3.59. The average molecular weight is 246 g/mol. The van der Waals surface area contributed by atoms with Gasteiger partial charge >= 0.3 is 5.97 Å². The first-order valence-electron chi connectivity index (χ1n) is 5.52. The molecule has 1 rings (SSSR count). The van der Waals surface area contributed by atoms with E-state index in [1.54, 1.807) is 37.3 Å². The molecule has 2 N–H and O–H groups in total. The molecule has 0 aliphatic carbocycles. The third-order valence-electron chi connectivity index (χ3n) is 2.57. The summed E-state index contributed by atoms with van der Waals surface area (Å²) in [6.45, 7) is 1.62. The maximum atomic E-state index is 11.8. The van der Waals surface area contributed by atoms with Crippen molar-refractivity contribution in [2.45, 2.75) is 19.4 Å². The van der Waals surface area contributed by atoms with Gasteiger partial charge in [0, 0.05) is 17.9 Å². The first kappa shape index (κ1) is 13.7. The fourth-order valence-corrected chi connectivity index (χ4v) is 1.52. The highest BCUT2D eigenvalue weighted by molar-refractivity contribution is 5.96. The Labute approximate surface area is 105 Å². The van der Waals surface area contributed by atoms with Crippen molar-refractivity contribution < 1.29 is 14.7 Å². The number of carboxylic acid groups (broad SMARTS) is 1. The second-order valence-corrected chi connectivity index (χ2v) is 3.99. The predicted octanol–water partition coefficient (Wildman–Crippen LogP) is 1.42. The molecule has 0 bridgehead atoms. The second-order valence-electron chi connectivity index (χ2n) is 3.99. The molecule has 94 valence electrons. The summed E-state index contributed by atoms with van der Waals surface area (Å²) in [7, 11) is 0. The van der Waals surface area contributed by atoms with Gasteiger partial charge in [0.2, 0.25) is 0 Å². The Kier molecular flexibility index (Phi) is 4.88. The zero-order chi connectivity index (χ0) is 13.5. The van der Waals surface area contributed by atoms with Gasteiger partial charge in [-0.2, -0.15) is 5.26 Å². The Balaban J connectivity index is 2.77. The van der Waals surface area contributed by atoms with Crippen LogP contribution in [0, 0.1) is 17.2 Å². The third-order valence-corrected chi connectivity index (χ3v) is 2.57. The highest BCUT2D eigenvalue weighted by Gasteiger charge is 2.26. The van der Waals surface area contributed by atoms with Crippen molar-refractivity contribution in [3.8, 4) is 6.07 Å². The number of benzene rings is 1. The Morgan fingerprint density at radius 2 is 2.00 bits per heavy atom. The number of carbonyl (C=O) groups excluding carboxylic acids is 1. The Morgan fingerprint density at radius 3 is 2.50 bits per heavy atom. The smallest absolute Gasteiger partial charge is 0.326 e. The van der Waals surface area contributed by atoms with Crippen molar-refractivity contribution in [1.82, 2.24) is 5.32 Å². The fourth-order valence-electron chi connectivity index (χ4n) is 1.52. The zero-order valence-corrected chi connectivity index (χ0v) is 9.96. The molecule has 2 atom stereocenters. The molecule has 0 unspecified atom stereocenters. The van der Waals surface area contributed by atoms with E-state index in [0.29, 0.717) is 5.56 Å². The number of nitriles is 1. The summed E-state index contributed by atoms with van der Waals surface area (Å²) < 4.78 is 0. The fraction of sp³-hybridized carbons (Fsp3) is 0.308. The Bertz CT molecular complexity index is 465. The zero-order valence-electron chi connectivity index (χ0n) is 9.96. The molecule has 18 heavy (non-hydrogen) atoms. The molecule has 0 aliphatic rings. The van der Waals surface area contributed by atoms with Crippen LogP contribution in [0.5, 0.6) is 0 Å². The topological polar surface area (TPSA) is 90.2 Å². The lowest BCUT2D eigenvalue weighted by atomic mass is 9.98. The molecule has 0 aliphatic heterocycles. The van der Waals surface area contributed by atoms with E-state index in [-0.39, 0.29) is 6.42 Å². The SMILES string of the molecule is C[C@H](CC#N)[C@@H](NC(=O)c1ccccc1)C(=O)O. The van der Waals surface area contributed by atoms with Gasteiger partial charge in [0.05, 0.1) is 6.07 Å². The number of aliphatic carboxylic acids is 1. The standard InChI is InChI=1S/C13H14N2O3/c1-9(7-8-14)11(13(17)18)15-12(16)10-5-3-2-4-6-10/h2-6,9,11H,7H2,1H3,(H,15,16)(H,17,18)/t9-,11-/m1/s1. The molecule has 5 heteroatoms. The van der Waals surface area contributed by atoms with Gasteiger partial charge in [-0.3, -0.25) is 4.79 Å². The molecule has 0 spiro atoms. The number of nitrogens with zero attached hydrogens (tertiary/aromatic N) is 1. The van der Waals surface area contributed by atoms with Crippen molar-refractivity contribution in [3.63, 3.8) is 0 Å². The normalized spacial score (nSPS) is 13.1. The Morgan fingerprint density at radius 1 is 1.39 bits per heavy atom. The van der Waals surface area contributed by atoms with Crippen LogP contribution in [-0.2, 0) is 4.79 Å². The van der Waals surface area contributed by atoms with Gasteiger partial charge < -0.3 is 10.4 Å². The van der Waals surface area contributed by atoms with Crippen molar-refractivity contribution in [3.05, 3.63) is 35.9 Å². The lowest BCUT2D eigenvalue weighted by Gasteiger charge is -2.19. The highest BCUT2D eigenvalue weighted by atomic mass is 16.4. The molecule has 0 fully saturated rings. The quantitative estimate of drug-likeness (QED) is 0.822. The number of carbonyl (C=O) groups is 2. The van der Waals surface area contributed by atoms with Crippen LogP contribution in [0.25, 0.3) is 0 Å². The number of rotatable bonds is 5. The molecule has 0 saturated carbocycles. The first-order chi connectivity index (χ1) is 8.56. The van der Waals surface area contributed by atoms with Crippen LogP contribution in [0.1, 0.15) is 23.7 Å². The van der Waals surface area contributed by atoms with Gasteiger partial charge in [0.15, 0.2) is 0 Å². The summed E-state index contributed by atoms with van der Waals surface area (Å²) in [5, 5.41) is 20.0. The van der Waals surface area contributed by atoms with Crippen molar-refractivity contribution in [2.75, 3.05) is 0 Å². The van der Waals surface area contributed by atoms with Crippen LogP contribution in [0.3, 0.4) is 0 Å². The molecule has 0 radical (unpaired) electrons. The largest absolute Gasteiger partial charge is 0.480 e. The van der Waals surface area contributed by atoms with Crippen molar-refractivity contribution in [2.24, 2.45) is 5.92 Å². The summed E-state index contributed by atoms with van der Waals surface area (Å²) in [4.78, 5) is 22.9. The molecule has 1 aromatic rings. The Hall–Kier alpha value is -2.35. The number of hydrogen-bond acceptors (Lipinski definition) is 3. The molecule has 0 heterocycles. The van der Waals surface area contributed by atoms with E-state index in [2.05, 4.69) is 5.32 Å². The van der Waals surface area contributed by atoms with Crippen molar-refractivity contribution in [1.29, 1.82) is 5.26 Å². The van der Waals surface area contributed by atoms with Crippen LogP contribution < -0.4 is 5.32 Å². The van der Waals surface area contributed by atoms with Gasteiger partial charge in [0.1, 0.15) is 6.04 Å². The van der Waals surface area contributed by atoms with Crippen LogP contribution in [0.4, 0.5) is 0 Å². The van der Waals surface area contributed by atoms with Gasteiger partial charge in [-0.05, 0) is 12.1 Å². The summed E-state index contributed by atoms with van der Waals surface area (Å²) >= 11 is 0. The lowest BCUT2D eigenvalue weighted by molar-refractivity contribution is -0.140. The molecule has 1 aromatic carbocycles. The number of hydrogen-bond donors (Lipinski definition) is 2. The van der Waals surface area contributed by atoms with Crippen LogP contribution in [-0.4, -0.2) is 23.0 Å².